The maximum absolute atomic E-state index is 13.5. The van der Waals surface area contributed by atoms with E-state index in [-0.39, 0.29) is 21.6 Å². The van der Waals surface area contributed by atoms with E-state index < -0.39 is 15.7 Å². The van der Waals surface area contributed by atoms with E-state index in [1.54, 1.807) is 12.1 Å². The topological polar surface area (TPSA) is 95.1 Å². The number of sulfone groups is 1. The molecule has 28 heavy (non-hydrogen) atoms. The van der Waals surface area contributed by atoms with Crippen LogP contribution in [0.15, 0.2) is 58.5 Å². The van der Waals surface area contributed by atoms with Crippen LogP contribution in [0.2, 0.25) is 0 Å². The van der Waals surface area contributed by atoms with Gasteiger partial charge in [-0.3, -0.25) is 4.98 Å². The van der Waals surface area contributed by atoms with Crippen molar-refractivity contribution in [2.24, 2.45) is 0 Å². The number of anilines is 1. The fourth-order valence-electron chi connectivity index (χ4n) is 3.66. The molecular formula is C20H20FN3O3S. The van der Waals surface area contributed by atoms with Gasteiger partial charge >= 0.3 is 0 Å². The number of aromatic amines is 1. The molecule has 0 radical (unpaired) electrons. The zero-order valence-corrected chi connectivity index (χ0v) is 15.8. The van der Waals surface area contributed by atoms with Crippen molar-refractivity contribution in [3.63, 3.8) is 0 Å². The Morgan fingerprint density at radius 2 is 2.04 bits per heavy atom. The van der Waals surface area contributed by atoms with Crippen LogP contribution in [-0.2, 0) is 16.3 Å². The van der Waals surface area contributed by atoms with Gasteiger partial charge in [0.1, 0.15) is 5.82 Å². The van der Waals surface area contributed by atoms with Gasteiger partial charge in [0.2, 0.25) is 21.7 Å². The molecule has 0 saturated carbocycles. The summed E-state index contributed by atoms with van der Waals surface area (Å²) in [6.45, 7) is 0.621. The van der Waals surface area contributed by atoms with E-state index in [2.05, 4.69) is 15.3 Å². The molecule has 0 bridgehead atoms. The maximum atomic E-state index is 13.5. The number of H-pyrrole nitrogens is 1. The van der Waals surface area contributed by atoms with Gasteiger partial charge in [0.05, 0.1) is 16.0 Å². The van der Waals surface area contributed by atoms with Gasteiger partial charge in [-0.25, -0.2) is 17.8 Å². The highest BCUT2D eigenvalue weighted by Crippen LogP contribution is 2.34. The SMILES string of the molecule is O=S(=O)(c1cccc(F)c1)c1ccc2c(c1)CCC[C@H]2CNc1ncc(O)[nH]1. The van der Waals surface area contributed by atoms with Crippen molar-refractivity contribution in [1.82, 2.24) is 9.97 Å². The summed E-state index contributed by atoms with van der Waals surface area (Å²) in [6.07, 6.45) is 4.06. The number of hydrogen-bond donors (Lipinski definition) is 3. The first-order valence-electron chi connectivity index (χ1n) is 9.05. The lowest BCUT2D eigenvalue weighted by molar-refractivity contribution is 0.457. The molecule has 6 nitrogen and oxygen atoms in total. The van der Waals surface area contributed by atoms with Crippen LogP contribution < -0.4 is 5.32 Å². The molecule has 3 N–H and O–H groups in total. The Bertz CT molecular complexity index is 1110. The van der Waals surface area contributed by atoms with E-state index in [9.17, 15) is 17.9 Å². The Hall–Kier alpha value is -2.87. The van der Waals surface area contributed by atoms with E-state index in [1.807, 2.05) is 6.07 Å². The van der Waals surface area contributed by atoms with Gasteiger partial charge in [0.25, 0.3) is 0 Å². The van der Waals surface area contributed by atoms with Crippen LogP contribution in [0.3, 0.4) is 0 Å². The molecule has 4 rings (SSSR count). The van der Waals surface area contributed by atoms with Crippen molar-refractivity contribution in [2.75, 3.05) is 11.9 Å². The number of rotatable bonds is 5. The summed E-state index contributed by atoms with van der Waals surface area (Å²) in [5, 5.41) is 12.5. The minimum absolute atomic E-state index is 0.00117. The van der Waals surface area contributed by atoms with Gasteiger partial charge in [-0.15, -0.1) is 0 Å². The summed E-state index contributed by atoms with van der Waals surface area (Å²) in [5.74, 6) is 0.129. The fourth-order valence-corrected chi connectivity index (χ4v) is 5.00. The standard InChI is InChI=1S/C20H20FN3O3S/c21-15-5-2-6-16(10-15)28(26,27)17-7-8-18-13(9-17)3-1-4-14(18)11-22-20-23-12-19(25)24-20/h2,5-10,12,14,25H,1,3-4,11H2,(H2,22,23,24)/t14-/m0/s1. The zero-order chi connectivity index (χ0) is 19.7. The second-order valence-corrected chi connectivity index (χ2v) is 8.86. The number of nitrogens with one attached hydrogen (secondary N) is 2. The maximum Gasteiger partial charge on any atom is 0.210 e. The Morgan fingerprint density at radius 1 is 1.21 bits per heavy atom. The Morgan fingerprint density at radius 3 is 2.79 bits per heavy atom. The van der Waals surface area contributed by atoms with Gasteiger partial charge in [0.15, 0.2) is 0 Å². The number of aryl methyl sites for hydroxylation is 1. The Balaban J connectivity index is 1.59. The lowest BCUT2D eigenvalue weighted by atomic mass is 9.83. The largest absolute Gasteiger partial charge is 0.493 e. The van der Waals surface area contributed by atoms with Crippen LogP contribution in [0, 0.1) is 5.82 Å². The lowest BCUT2D eigenvalue weighted by Gasteiger charge is -2.26. The molecule has 0 fully saturated rings. The smallest absolute Gasteiger partial charge is 0.210 e. The first-order valence-corrected chi connectivity index (χ1v) is 10.5. The van der Waals surface area contributed by atoms with E-state index in [4.69, 9.17) is 0 Å². The number of imidazole rings is 1. The van der Waals surface area contributed by atoms with Crippen molar-refractivity contribution in [2.45, 2.75) is 35.0 Å². The molecule has 0 unspecified atom stereocenters. The monoisotopic (exact) mass is 401 g/mol. The fraction of sp³-hybridized carbons (Fsp3) is 0.250. The first kappa shape index (κ1) is 18.5. The predicted octanol–water partition coefficient (Wildman–Crippen LogP) is 3.62. The van der Waals surface area contributed by atoms with Crippen molar-refractivity contribution in [3.05, 3.63) is 65.6 Å². The number of aromatic hydroxyl groups is 1. The molecule has 0 amide bonds. The molecule has 0 aliphatic heterocycles. The number of nitrogens with zero attached hydrogens (tertiary/aromatic N) is 1. The second kappa shape index (κ2) is 7.27. The molecule has 1 aromatic heterocycles. The molecule has 8 heteroatoms. The van der Waals surface area contributed by atoms with Crippen LogP contribution in [0.1, 0.15) is 29.9 Å². The van der Waals surface area contributed by atoms with Crippen LogP contribution in [-0.4, -0.2) is 30.0 Å². The number of hydrogen-bond acceptors (Lipinski definition) is 5. The normalized spacial score (nSPS) is 16.5. The molecule has 0 spiro atoms. The van der Waals surface area contributed by atoms with Crippen molar-refractivity contribution >= 4 is 15.8 Å². The molecule has 2 aromatic carbocycles. The number of halogens is 1. The van der Waals surface area contributed by atoms with Gasteiger partial charge < -0.3 is 10.4 Å². The van der Waals surface area contributed by atoms with Crippen LogP contribution in [0.25, 0.3) is 0 Å². The van der Waals surface area contributed by atoms with Crippen molar-refractivity contribution in [1.29, 1.82) is 0 Å². The summed E-state index contributed by atoms with van der Waals surface area (Å²) >= 11 is 0. The van der Waals surface area contributed by atoms with Crippen LogP contribution in [0.5, 0.6) is 5.88 Å². The molecule has 1 aliphatic rings. The molecule has 1 atom stereocenters. The van der Waals surface area contributed by atoms with Crippen molar-refractivity contribution < 1.29 is 17.9 Å². The van der Waals surface area contributed by atoms with Crippen LogP contribution >= 0.6 is 0 Å². The third kappa shape index (κ3) is 3.60. The third-order valence-corrected chi connectivity index (χ3v) is 6.80. The third-order valence-electron chi connectivity index (χ3n) is 5.05. The predicted molar refractivity (Wildman–Crippen MR) is 103 cm³/mol. The summed E-state index contributed by atoms with van der Waals surface area (Å²) in [7, 11) is -3.76. The minimum Gasteiger partial charge on any atom is -0.493 e. The highest BCUT2D eigenvalue weighted by atomic mass is 32.2. The summed E-state index contributed by atoms with van der Waals surface area (Å²) in [4.78, 5) is 6.87. The summed E-state index contributed by atoms with van der Waals surface area (Å²) in [6, 6.07) is 10.2. The van der Waals surface area contributed by atoms with Crippen LogP contribution in [0.4, 0.5) is 10.3 Å². The van der Waals surface area contributed by atoms with E-state index in [1.165, 1.54) is 24.4 Å². The molecule has 3 aromatic rings. The van der Waals surface area contributed by atoms with Gasteiger partial charge in [-0.1, -0.05) is 12.1 Å². The quantitative estimate of drug-likeness (QED) is 0.607. The average molecular weight is 401 g/mol. The summed E-state index contributed by atoms with van der Waals surface area (Å²) < 4.78 is 39.2. The second-order valence-electron chi connectivity index (χ2n) is 6.91. The van der Waals surface area contributed by atoms with Gasteiger partial charge in [0, 0.05) is 12.5 Å². The molecular weight excluding hydrogens is 381 g/mol. The number of fused-ring (bicyclic) bond motifs is 1. The molecule has 1 heterocycles. The van der Waals surface area contributed by atoms with Gasteiger partial charge in [-0.05, 0) is 60.7 Å². The molecule has 146 valence electrons. The Labute approximate surface area is 162 Å². The highest BCUT2D eigenvalue weighted by molar-refractivity contribution is 7.91. The zero-order valence-electron chi connectivity index (χ0n) is 15.0. The average Bonchev–Trinajstić information content (AvgIpc) is 3.11. The lowest BCUT2D eigenvalue weighted by Crippen LogP contribution is -2.19. The summed E-state index contributed by atoms with van der Waals surface area (Å²) in [5.41, 5.74) is 2.10. The molecule has 0 saturated heterocycles. The van der Waals surface area contributed by atoms with E-state index >= 15 is 0 Å². The van der Waals surface area contributed by atoms with E-state index in [0.29, 0.717) is 12.5 Å². The van der Waals surface area contributed by atoms with Gasteiger partial charge in [-0.2, -0.15) is 0 Å². The van der Waals surface area contributed by atoms with Crippen molar-refractivity contribution in [3.8, 4) is 5.88 Å². The number of benzene rings is 2. The Kier molecular flexibility index (Phi) is 4.80. The number of aromatic nitrogens is 2. The molecule has 1 aliphatic carbocycles. The van der Waals surface area contributed by atoms with E-state index in [0.717, 1.165) is 36.5 Å². The minimum atomic E-state index is -3.76. The highest BCUT2D eigenvalue weighted by Gasteiger charge is 2.24. The first-order chi connectivity index (χ1) is 13.4.